The van der Waals surface area contributed by atoms with Gasteiger partial charge in [-0.15, -0.1) is 0 Å². The number of unbranched alkanes of at least 4 members (excludes halogenated alkanes) is 30. The molecular weight excluding hydrogens is 617 g/mol. The summed E-state index contributed by atoms with van der Waals surface area (Å²) in [5.74, 6) is 2.02. The van der Waals surface area contributed by atoms with Crippen LogP contribution in [0.1, 0.15) is 243 Å². The van der Waals surface area contributed by atoms with Gasteiger partial charge >= 0.3 is 0 Å². The molecule has 4 heteroatoms. The van der Waals surface area contributed by atoms with Gasteiger partial charge in [0.2, 0.25) is 5.75 Å². The molecule has 0 atom stereocenters. The highest BCUT2D eigenvalue weighted by Crippen LogP contribution is 2.39. The van der Waals surface area contributed by atoms with Crippen molar-refractivity contribution in [2.75, 3.05) is 19.8 Å². The number of rotatable bonds is 40. The third-order valence-electron chi connectivity index (χ3n) is 10.2. The smallest absolute Gasteiger partial charge is 0.203 e. The molecule has 0 aliphatic heterocycles. The van der Waals surface area contributed by atoms with Gasteiger partial charge in [-0.25, -0.2) is 0 Å². The van der Waals surface area contributed by atoms with Gasteiger partial charge in [-0.05, 0) is 31.4 Å². The highest BCUT2D eigenvalue weighted by Gasteiger charge is 2.16. The van der Waals surface area contributed by atoms with Gasteiger partial charge in [0, 0.05) is 5.56 Å². The van der Waals surface area contributed by atoms with E-state index in [0.717, 1.165) is 25.5 Å². The molecule has 0 aliphatic carbocycles. The van der Waals surface area contributed by atoms with Crippen molar-refractivity contribution < 1.29 is 19.0 Å². The van der Waals surface area contributed by atoms with Crippen molar-refractivity contribution in [3.8, 4) is 17.2 Å². The van der Waals surface area contributed by atoms with E-state index in [2.05, 4.69) is 20.8 Å². The Bertz CT molecular complexity index is 804. The van der Waals surface area contributed by atoms with Crippen LogP contribution in [0.4, 0.5) is 0 Å². The first-order chi connectivity index (χ1) is 24.8. The van der Waals surface area contributed by atoms with Gasteiger partial charge in [-0.3, -0.25) is 4.79 Å². The lowest BCUT2D eigenvalue weighted by molar-refractivity contribution is 0.112. The minimum absolute atomic E-state index is 0.593. The standard InChI is InChI=1S/C46H84O4/c1-4-7-10-13-16-19-22-25-28-31-34-37-48-44-40-43(42-47)41-45(49-38-35-32-29-26-23-20-17-14-11-8-5-2)46(44)50-39-36-33-30-27-24-21-18-15-12-9-6-3/h40-42H,4-39H2,1-3H3. The Labute approximate surface area is 312 Å². The fraction of sp³-hybridized carbons (Fsp3) is 0.848. The molecule has 292 valence electrons. The van der Waals surface area contributed by atoms with E-state index in [-0.39, 0.29) is 0 Å². The summed E-state index contributed by atoms with van der Waals surface area (Å²) in [4.78, 5) is 11.9. The average molecular weight is 701 g/mol. The van der Waals surface area contributed by atoms with Crippen LogP contribution in [0.25, 0.3) is 0 Å². The molecule has 4 nitrogen and oxygen atoms in total. The predicted octanol–water partition coefficient (Wildman–Crippen LogP) is 15.6. The van der Waals surface area contributed by atoms with Gasteiger partial charge in [0.05, 0.1) is 19.8 Å². The van der Waals surface area contributed by atoms with Crippen LogP contribution in [0, 0.1) is 0 Å². The molecule has 1 aromatic carbocycles. The number of carbonyl (C=O) groups excluding carboxylic acids is 1. The monoisotopic (exact) mass is 701 g/mol. The van der Waals surface area contributed by atoms with Crippen molar-refractivity contribution in [2.45, 2.75) is 233 Å². The third kappa shape index (κ3) is 27.9. The lowest BCUT2D eigenvalue weighted by Crippen LogP contribution is -2.07. The number of carbonyl (C=O) groups is 1. The zero-order valence-corrected chi connectivity index (χ0v) is 33.8. The molecule has 1 rings (SSSR count). The number of hydrogen-bond acceptors (Lipinski definition) is 4. The van der Waals surface area contributed by atoms with E-state index in [1.807, 2.05) is 12.1 Å². The zero-order chi connectivity index (χ0) is 36.0. The summed E-state index contributed by atoms with van der Waals surface area (Å²) >= 11 is 0. The topological polar surface area (TPSA) is 44.8 Å². The van der Waals surface area contributed by atoms with E-state index in [1.165, 1.54) is 193 Å². The quantitative estimate of drug-likeness (QED) is 0.0505. The van der Waals surface area contributed by atoms with Gasteiger partial charge in [0.1, 0.15) is 6.29 Å². The summed E-state index contributed by atoms with van der Waals surface area (Å²) in [5.41, 5.74) is 0.593. The maximum Gasteiger partial charge on any atom is 0.203 e. The van der Waals surface area contributed by atoms with Crippen LogP contribution in [-0.4, -0.2) is 26.1 Å². The predicted molar refractivity (Wildman–Crippen MR) is 218 cm³/mol. The average Bonchev–Trinajstić information content (AvgIpc) is 3.13. The van der Waals surface area contributed by atoms with Crippen LogP contribution in [0.15, 0.2) is 12.1 Å². The molecule has 0 unspecified atom stereocenters. The summed E-state index contributed by atoms with van der Waals surface area (Å²) in [6.45, 7) is 8.79. The summed E-state index contributed by atoms with van der Waals surface area (Å²) < 4.78 is 19.0. The van der Waals surface area contributed by atoms with Crippen molar-refractivity contribution in [1.29, 1.82) is 0 Å². The van der Waals surface area contributed by atoms with Crippen LogP contribution in [-0.2, 0) is 0 Å². The van der Waals surface area contributed by atoms with E-state index < -0.39 is 0 Å². The molecule has 1 aromatic rings. The molecule has 0 aliphatic rings. The highest BCUT2D eigenvalue weighted by molar-refractivity contribution is 5.78. The lowest BCUT2D eigenvalue weighted by Gasteiger charge is -2.18. The molecule has 0 N–H and O–H groups in total. The van der Waals surface area contributed by atoms with Crippen LogP contribution >= 0.6 is 0 Å². The number of ether oxygens (including phenoxy) is 3. The molecule has 0 amide bonds. The molecule has 0 saturated carbocycles. The summed E-state index contributed by atoms with van der Waals surface area (Å²) in [6, 6.07) is 3.69. The number of aldehydes is 1. The van der Waals surface area contributed by atoms with Crippen molar-refractivity contribution >= 4 is 6.29 Å². The Morgan fingerprint density at radius 1 is 0.360 bits per heavy atom. The molecule has 0 radical (unpaired) electrons. The fourth-order valence-electron chi connectivity index (χ4n) is 6.86. The Kier molecular flexibility index (Phi) is 34.3. The molecule has 0 fully saturated rings. The normalized spacial score (nSPS) is 11.3. The summed E-state index contributed by atoms with van der Waals surface area (Å²) in [7, 11) is 0. The van der Waals surface area contributed by atoms with E-state index in [9.17, 15) is 4.79 Å². The second-order valence-corrected chi connectivity index (χ2v) is 15.1. The maximum absolute atomic E-state index is 11.9. The van der Waals surface area contributed by atoms with Crippen LogP contribution in [0.5, 0.6) is 17.2 Å². The molecule has 0 heterocycles. The number of benzene rings is 1. The Balaban J connectivity index is 2.51. The minimum atomic E-state index is 0.593. The first kappa shape index (κ1) is 46.3. The molecule has 0 bridgehead atoms. The SMILES string of the molecule is CCCCCCCCCCCCCOc1cc(C=O)cc(OCCCCCCCCCCCCC)c1OCCCCCCCCCCCCC. The zero-order valence-electron chi connectivity index (χ0n) is 33.8. The van der Waals surface area contributed by atoms with Gasteiger partial charge in [-0.1, -0.05) is 213 Å². The van der Waals surface area contributed by atoms with Crippen LogP contribution in [0.3, 0.4) is 0 Å². The van der Waals surface area contributed by atoms with Crippen molar-refractivity contribution in [2.24, 2.45) is 0 Å². The highest BCUT2D eigenvalue weighted by atomic mass is 16.5. The van der Waals surface area contributed by atoms with Crippen molar-refractivity contribution in [3.63, 3.8) is 0 Å². The minimum Gasteiger partial charge on any atom is -0.490 e. The van der Waals surface area contributed by atoms with Gasteiger partial charge in [-0.2, -0.15) is 0 Å². The second kappa shape index (κ2) is 37.1. The Hall–Kier alpha value is -1.71. The molecule has 0 saturated heterocycles. The van der Waals surface area contributed by atoms with Gasteiger partial charge < -0.3 is 14.2 Å². The first-order valence-electron chi connectivity index (χ1n) is 22.3. The lowest BCUT2D eigenvalue weighted by atomic mass is 10.1. The van der Waals surface area contributed by atoms with Gasteiger partial charge in [0.25, 0.3) is 0 Å². The van der Waals surface area contributed by atoms with E-state index >= 15 is 0 Å². The van der Waals surface area contributed by atoms with Crippen LogP contribution < -0.4 is 14.2 Å². The Morgan fingerprint density at radius 3 is 0.860 bits per heavy atom. The van der Waals surface area contributed by atoms with E-state index in [0.29, 0.717) is 42.6 Å². The third-order valence-corrected chi connectivity index (χ3v) is 10.2. The Morgan fingerprint density at radius 2 is 0.600 bits per heavy atom. The largest absolute Gasteiger partial charge is 0.490 e. The van der Waals surface area contributed by atoms with E-state index in [1.54, 1.807) is 0 Å². The molecule has 0 aromatic heterocycles. The maximum atomic E-state index is 11.9. The van der Waals surface area contributed by atoms with Crippen LogP contribution in [0.2, 0.25) is 0 Å². The summed E-state index contributed by atoms with van der Waals surface area (Å²) in [5, 5.41) is 0. The summed E-state index contributed by atoms with van der Waals surface area (Å²) in [6.07, 6.45) is 44.2. The number of hydrogen-bond donors (Lipinski definition) is 0. The van der Waals surface area contributed by atoms with Crippen molar-refractivity contribution in [1.82, 2.24) is 0 Å². The molecule has 0 spiro atoms. The fourth-order valence-corrected chi connectivity index (χ4v) is 6.86. The van der Waals surface area contributed by atoms with E-state index in [4.69, 9.17) is 14.2 Å². The van der Waals surface area contributed by atoms with Crippen molar-refractivity contribution in [3.05, 3.63) is 17.7 Å². The first-order valence-corrected chi connectivity index (χ1v) is 22.3. The van der Waals surface area contributed by atoms with Gasteiger partial charge in [0.15, 0.2) is 11.5 Å². The second-order valence-electron chi connectivity index (χ2n) is 15.1. The molecule has 50 heavy (non-hydrogen) atoms. The molecular formula is C46H84O4.